The fourth-order valence-electron chi connectivity index (χ4n) is 3.22. The highest BCUT2D eigenvalue weighted by Gasteiger charge is 2.34. The van der Waals surface area contributed by atoms with E-state index in [1.165, 1.54) is 25.3 Å². The Hall–Kier alpha value is -1.22. The van der Waals surface area contributed by atoms with Crippen LogP contribution in [-0.2, 0) is 0 Å². The molecule has 0 saturated carbocycles. The van der Waals surface area contributed by atoms with Crippen molar-refractivity contribution in [2.75, 3.05) is 19.6 Å². The van der Waals surface area contributed by atoms with Gasteiger partial charge < -0.3 is 4.90 Å². The summed E-state index contributed by atoms with van der Waals surface area (Å²) in [5.74, 6) is -0.252. The molecule has 0 unspecified atom stereocenters. The first-order valence-corrected chi connectivity index (χ1v) is 8.01. The van der Waals surface area contributed by atoms with Gasteiger partial charge in [0.15, 0.2) is 5.78 Å². The molecular formula is C18H26FNO. The molecule has 0 aromatic heterocycles. The molecule has 1 aliphatic heterocycles. The summed E-state index contributed by atoms with van der Waals surface area (Å²) in [5, 5.41) is 0. The van der Waals surface area contributed by atoms with Crippen LogP contribution < -0.4 is 0 Å². The molecular weight excluding hydrogens is 265 g/mol. The Balaban J connectivity index is 1.89. The van der Waals surface area contributed by atoms with E-state index in [-0.39, 0.29) is 11.6 Å². The van der Waals surface area contributed by atoms with Gasteiger partial charge in [-0.15, -0.1) is 0 Å². The van der Waals surface area contributed by atoms with Crippen molar-refractivity contribution in [2.45, 2.75) is 46.5 Å². The first kappa shape index (κ1) is 16.2. The van der Waals surface area contributed by atoms with Crippen molar-refractivity contribution in [1.82, 2.24) is 4.90 Å². The average molecular weight is 291 g/mol. The Kier molecular flexibility index (Phi) is 5.15. The van der Waals surface area contributed by atoms with E-state index in [2.05, 4.69) is 18.7 Å². The van der Waals surface area contributed by atoms with Gasteiger partial charge in [-0.05, 0) is 49.8 Å². The maximum atomic E-state index is 13.5. The number of halogens is 1. The van der Waals surface area contributed by atoms with Gasteiger partial charge in [0.2, 0.25) is 0 Å². The summed E-state index contributed by atoms with van der Waals surface area (Å²) in [6.07, 6.45) is 4.12. The van der Waals surface area contributed by atoms with Crippen LogP contribution in [0.1, 0.15) is 55.5 Å². The molecule has 0 amide bonds. The van der Waals surface area contributed by atoms with E-state index in [0.29, 0.717) is 23.0 Å². The minimum atomic E-state index is -0.294. The summed E-state index contributed by atoms with van der Waals surface area (Å²) in [5.41, 5.74) is 1.52. The van der Waals surface area contributed by atoms with Crippen molar-refractivity contribution in [3.05, 3.63) is 35.1 Å². The van der Waals surface area contributed by atoms with Crippen LogP contribution in [0.2, 0.25) is 0 Å². The Morgan fingerprint density at radius 1 is 1.33 bits per heavy atom. The van der Waals surface area contributed by atoms with Crippen molar-refractivity contribution < 1.29 is 9.18 Å². The van der Waals surface area contributed by atoms with Gasteiger partial charge in [0.25, 0.3) is 0 Å². The van der Waals surface area contributed by atoms with Crippen LogP contribution >= 0.6 is 0 Å². The first-order chi connectivity index (χ1) is 9.99. The summed E-state index contributed by atoms with van der Waals surface area (Å²) in [6, 6.07) is 4.77. The molecule has 0 aliphatic carbocycles. The zero-order valence-electron chi connectivity index (χ0n) is 13.4. The lowest BCUT2D eigenvalue weighted by Crippen LogP contribution is -2.28. The first-order valence-electron chi connectivity index (χ1n) is 8.01. The molecule has 3 heteroatoms. The molecule has 1 aromatic carbocycles. The van der Waals surface area contributed by atoms with Crippen molar-refractivity contribution in [2.24, 2.45) is 5.41 Å². The molecule has 1 saturated heterocycles. The second-order valence-electron chi connectivity index (χ2n) is 6.37. The number of rotatable bonds is 6. The Bertz CT molecular complexity index is 508. The molecule has 2 rings (SSSR count). The largest absolute Gasteiger partial charge is 0.302 e. The van der Waals surface area contributed by atoms with Crippen molar-refractivity contribution in [3.63, 3.8) is 0 Å². The summed E-state index contributed by atoms with van der Waals surface area (Å²) in [4.78, 5) is 14.6. The molecule has 21 heavy (non-hydrogen) atoms. The van der Waals surface area contributed by atoms with Crippen molar-refractivity contribution in [3.8, 4) is 0 Å². The molecule has 0 N–H and O–H groups in total. The minimum Gasteiger partial charge on any atom is -0.302 e. The molecule has 1 fully saturated rings. The average Bonchev–Trinajstić information content (AvgIpc) is 2.92. The molecule has 116 valence electrons. The third-order valence-electron chi connectivity index (χ3n) is 5.17. The summed E-state index contributed by atoms with van der Waals surface area (Å²) >= 11 is 0. The van der Waals surface area contributed by atoms with E-state index in [9.17, 15) is 9.18 Å². The monoisotopic (exact) mass is 291 g/mol. The van der Waals surface area contributed by atoms with Crippen LogP contribution in [0.15, 0.2) is 18.2 Å². The van der Waals surface area contributed by atoms with Crippen LogP contribution in [0.5, 0.6) is 0 Å². The molecule has 0 spiro atoms. The van der Waals surface area contributed by atoms with Crippen molar-refractivity contribution in [1.29, 1.82) is 0 Å². The van der Waals surface area contributed by atoms with Gasteiger partial charge in [-0.2, -0.15) is 0 Å². The van der Waals surface area contributed by atoms with Gasteiger partial charge in [0.1, 0.15) is 5.82 Å². The second kappa shape index (κ2) is 6.69. The zero-order chi connectivity index (χ0) is 15.5. The highest BCUT2D eigenvalue weighted by molar-refractivity contribution is 5.96. The third-order valence-corrected chi connectivity index (χ3v) is 5.17. The lowest BCUT2D eigenvalue weighted by Gasteiger charge is -2.26. The van der Waals surface area contributed by atoms with Gasteiger partial charge in [0, 0.05) is 25.1 Å². The van der Waals surface area contributed by atoms with Crippen LogP contribution in [0, 0.1) is 18.2 Å². The Morgan fingerprint density at radius 2 is 2.05 bits per heavy atom. The van der Waals surface area contributed by atoms with Crippen molar-refractivity contribution >= 4 is 5.78 Å². The molecule has 0 bridgehead atoms. The van der Waals surface area contributed by atoms with E-state index in [0.717, 1.165) is 19.6 Å². The molecule has 1 heterocycles. The summed E-state index contributed by atoms with van der Waals surface area (Å²) in [6.45, 7) is 9.19. The fourth-order valence-corrected chi connectivity index (χ4v) is 3.22. The van der Waals surface area contributed by atoms with Gasteiger partial charge in [-0.3, -0.25) is 4.79 Å². The second-order valence-corrected chi connectivity index (χ2v) is 6.37. The number of hydrogen-bond acceptors (Lipinski definition) is 2. The van der Waals surface area contributed by atoms with E-state index in [4.69, 9.17) is 0 Å². The Labute approximate surface area is 127 Å². The van der Waals surface area contributed by atoms with Crippen LogP contribution in [-0.4, -0.2) is 30.3 Å². The maximum absolute atomic E-state index is 13.5. The SMILES string of the molecule is CCC1(CC)CCN(CCC(=O)c2ccc(C)c(F)c2)C1. The minimum absolute atomic E-state index is 0.0411. The highest BCUT2D eigenvalue weighted by atomic mass is 19.1. The van der Waals surface area contributed by atoms with Crippen LogP contribution in [0.4, 0.5) is 4.39 Å². The number of carbonyl (C=O) groups is 1. The topological polar surface area (TPSA) is 20.3 Å². The predicted octanol–water partition coefficient (Wildman–Crippen LogP) is 4.22. The van der Waals surface area contributed by atoms with Gasteiger partial charge in [-0.1, -0.05) is 26.0 Å². The predicted molar refractivity (Wildman–Crippen MR) is 84.2 cm³/mol. The molecule has 1 aliphatic rings. The smallest absolute Gasteiger partial charge is 0.164 e. The quantitative estimate of drug-likeness (QED) is 0.731. The standard InChI is InChI=1S/C18H26FNO/c1-4-18(5-2)9-11-20(13-18)10-8-17(21)15-7-6-14(3)16(19)12-15/h6-7,12H,4-5,8-11,13H2,1-3H3. The van der Waals surface area contributed by atoms with E-state index in [1.54, 1.807) is 19.1 Å². The number of benzene rings is 1. The van der Waals surface area contributed by atoms with Crippen LogP contribution in [0.3, 0.4) is 0 Å². The van der Waals surface area contributed by atoms with E-state index >= 15 is 0 Å². The maximum Gasteiger partial charge on any atom is 0.164 e. The lowest BCUT2D eigenvalue weighted by molar-refractivity contribution is 0.0965. The third kappa shape index (κ3) is 3.70. The van der Waals surface area contributed by atoms with Gasteiger partial charge in [0.05, 0.1) is 0 Å². The van der Waals surface area contributed by atoms with Gasteiger partial charge in [-0.25, -0.2) is 4.39 Å². The molecule has 2 nitrogen and oxygen atoms in total. The van der Waals surface area contributed by atoms with Crippen LogP contribution in [0.25, 0.3) is 0 Å². The number of ketones is 1. The van der Waals surface area contributed by atoms with E-state index < -0.39 is 0 Å². The normalized spacial score (nSPS) is 18.1. The summed E-state index contributed by atoms with van der Waals surface area (Å²) < 4.78 is 13.5. The number of aryl methyl sites for hydroxylation is 1. The molecule has 0 radical (unpaired) electrons. The van der Waals surface area contributed by atoms with E-state index in [1.807, 2.05) is 0 Å². The number of likely N-dealkylation sites (tertiary alicyclic amines) is 1. The molecule has 0 atom stereocenters. The Morgan fingerprint density at radius 3 is 2.62 bits per heavy atom. The molecule has 1 aromatic rings. The zero-order valence-corrected chi connectivity index (χ0v) is 13.4. The number of Topliss-reactive ketones (excluding diaryl/α,β-unsaturated/α-hetero) is 1. The van der Waals surface area contributed by atoms with Gasteiger partial charge >= 0.3 is 0 Å². The number of carbonyl (C=O) groups excluding carboxylic acids is 1. The number of nitrogens with zero attached hydrogens (tertiary/aromatic N) is 1. The number of hydrogen-bond donors (Lipinski definition) is 0. The lowest BCUT2D eigenvalue weighted by atomic mass is 9.82. The highest BCUT2D eigenvalue weighted by Crippen LogP contribution is 2.36. The summed E-state index contributed by atoms with van der Waals surface area (Å²) in [7, 11) is 0. The fraction of sp³-hybridized carbons (Fsp3) is 0.611.